The van der Waals surface area contributed by atoms with Gasteiger partial charge in [-0.2, -0.15) is 0 Å². The van der Waals surface area contributed by atoms with Crippen molar-refractivity contribution in [2.24, 2.45) is 0 Å². The van der Waals surface area contributed by atoms with Crippen LogP contribution >= 0.6 is 0 Å². The summed E-state index contributed by atoms with van der Waals surface area (Å²) in [6.45, 7) is 8.29. The molecule has 0 unspecified atom stereocenters. The summed E-state index contributed by atoms with van der Waals surface area (Å²) in [7, 11) is 0. The van der Waals surface area contributed by atoms with Crippen LogP contribution in [-0.2, 0) is 11.3 Å². The Hall–Kier alpha value is -3.09. The maximum Gasteiger partial charge on any atom is 0.315 e. The van der Waals surface area contributed by atoms with E-state index in [0.29, 0.717) is 6.54 Å². The summed E-state index contributed by atoms with van der Waals surface area (Å²) in [6.07, 6.45) is 5.43. The van der Waals surface area contributed by atoms with Crippen molar-refractivity contribution in [3.63, 3.8) is 0 Å². The molecule has 2 aromatic rings. The van der Waals surface area contributed by atoms with Crippen molar-refractivity contribution in [2.45, 2.75) is 46.6 Å². The third kappa shape index (κ3) is 5.95. The molecule has 1 aliphatic rings. The third-order valence-corrected chi connectivity index (χ3v) is 5.29. The normalized spacial score (nSPS) is 13.6. The number of anilines is 2. The van der Waals surface area contributed by atoms with E-state index in [1.54, 1.807) is 6.20 Å². The molecule has 30 heavy (non-hydrogen) atoms. The molecule has 0 aliphatic carbocycles. The van der Waals surface area contributed by atoms with E-state index < -0.39 is 0 Å². The molecule has 1 aromatic heterocycles. The van der Waals surface area contributed by atoms with Gasteiger partial charge in [0, 0.05) is 31.5 Å². The van der Waals surface area contributed by atoms with Crippen LogP contribution in [0.1, 0.15) is 41.5 Å². The molecule has 0 saturated carbocycles. The van der Waals surface area contributed by atoms with Gasteiger partial charge in [0.1, 0.15) is 5.82 Å². The molecule has 1 aromatic carbocycles. The molecule has 1 fully saturated rings. The molecular weight excluding hydrogens is 378 g/mol. The van der Waals surface area contributed by atoms with Crippen molar-refractivity contribution < 1.29 is 9.59 Å². The van der Waals surface area contributed by atoms with Crippen LogP contribution < -0.4 is 20.9 Å². The first-order valence-corrected chi connectivity index (χ1v) is 10.5. The zero-order chi connectivity index (χ0) is 21.5. The fourth-order valence-corrected chi connectivity index (χ4v) is 3.83. The Morgan fingerprint density at radius 3 is 2.40 bits per heavy atom. The molecule has 3 amide bonds. The first-order chi connectivity index (χ1) is 14.4. The van der Waals surface area contributed by atoms with Crippen LogP contribution in [0.15, 0.2) is 30.5 Å². The predicted octanol–water partition coefficient (Wildman–Crippen LogP) is 3.44. The highest BCUT2D eigenvalue weighted by Crippen LogP contribution is 2.21. The Morgan fingerprint density at radius 1 is 1.00 bits per heavy atom. The van der Waals surface area contributed by atoms with Crippen LogP contribution in [0.2, 0.25) is 0 Å². The summed E-state index contributed by atoms with van der Waals surface area (Å²) in [6, 6.07) is 7.58. The van der Waals surface area contributed by atoms with Crippen molar-refractivity contribution in [3.8, 4) is 0 Å². The number of aryl methyl sites for hydroxylation is 3. The van der Waals surface area contributed by atoms with Crippen molar-refractivity contribution >= 4 is 23.4 Å². The highest BCUT2D eigenvalue weighted by atomic mass is 16.2. The SMILES string of the molecule is Cc1cc(C)c(NC(=O)CNC(=O)NCc2ccnc(N3CCCCC3)c2)c(C)c1. The van der Waals surface area contributed by atoms with Gasteiger partial charge < -0.3 is 20.9 Å². The number of carbonyl (C=O) groups excluding carboxylic acids is 2. The minimum Gasteiger partial charge on any atom is -0.357 e. The molecular formula is C23H31N5O2. The van der Waals surface area contributed by atoms with E-state index in [2.05, 4.69) is 25.8 Å². The van der Waals surface area contributed by atoms with E-state index >= 15 is 0 Å². The average Bonchev–Trinajstić information content (AvgIpc) is 2.74. The van der Waals surface area contributed by atoms with Gasteiger partial charge in [-0.25, -0.2) is 9.78 Å². The van der Waals surface area contributed by atoms with Gasteiger partial charge in [0.2, 0.25) is 5.91 Å². The predicted molar refractivity (Wildman–Crippen MR) is 120 cm³/mol. The molecule has 0 spiro atoms. The summed E-state index contributed by atoms with van der Waals surface area (Å²) in [5.74, 6) is 0.703. The van der Waals surface area contributed by atoms with Crippen LogP contribution in [0.3, 0.4) is 0 Å². The van der Waals surface area contributed by atoms with Crippen LogP contribution in [0.25, 0.3) is 0 Å². The lowest BCUT2D eigenvalue weighted by atomic mass is 10.1. The Labute approximate surface area is 178 Å². The van der Waals surface area contributed by atoms with Crippen molar-refractivity contribution in [2.75, 3.05) is 29.9 Å². The zero-order valence-electron chi connectivity index (χ0n) is 18.0. The number of urea groups is 1. The number of aromatic nitrogens is 1. The van der Waals surface area contributed by atoms with Crippen molar-refractivity contribution in [1.29, 1.82) is 0 Å². The van der Waals surface area contributed by atoms with Crippen LogP contribution in [0.5, 0.6) is 0 Å². The molecule has 1 saturated heterocycles. The molecule has 0 radical (unpaired) electrons. The summed E-state index contributed by atoms with van der Waals surface area (Å²) in [4.78, 5) is 31.1. The van der Waals surface area contributed by atoms with Gasteiger partial charge in [0.15, 0.2) is 0 Å². The van der Waals surface area contributed by atoms with E-state index in [9.17, 15) is 9.59 Å². The Balaban J connectivity index is 1.45. The van der Waals surface area contributed by atoms with E-state index in [1.165, 1.54) is 19.3 Å². The number of piperidine rings is 1. The maximum atomic E-state index is 12.2. The summed E-state index contributed by atoms with van der Waals surface area (Å²) < 4.78 is 0. The molecule has 7 nitrogen and oxygen atoms in total. The number of pyridine rings is 1. The van der Waals surface area contributed by atoms with Gasteiger partial charge in [0.05, 0.1) is 6.54 Å². The lowest BCUT2D eigenvalue weighted by Crippen LogP contribution is -2.39. The van der Waals surface area contributed by atoms with E-state index in [1.807, 2.05) is 45.0 Å². The summed E-state index contributed by atoms with van der Waals surface area (Å²) in [5, 5.41) is 8.30. The Bertz CT molecular complexity index is 883. The molecule has 2 heterocycles. The fourth-order valence-electron chi connectivity index (χ4n) is 3.83. The summed E-state index contributed by atoms with van der Waals surface area (Å²) in [5.41, 5.74) is 4.95. The second-order valence-corrected chi connectivity index (χ2v) is 7.93. The maximum absolute atomic E-state index is 12.2. The molecule has 1 aliphatic heterocycles. The second kappa shape index (κ2) is 10.1. The zero-order valence-corrected chi connectivity index (χ0v) is 18.0. The van der Waals surface area contributed by atoms with Gasteiger partial charge >= 0.3 is 6.03 Å². The Morgan fingerprint density at radius 2 is 1.70 bits per heavy atom. The van der Waals surface area contributed by atoms with E-state index in [4.69, 9.17) is 0 Å². The molecule has 7 heteroatoms. The Kier molecular flexibility index (Phi) is 7.27. The van der Waals surface area contributed by atoms with Crippen LogP contribution in [0, 0.1) is 20.8 Å². The van der Waals surface area contributed by atoms with Gasteiger partial charge in [-0.1, -0.05) is 17.7 Å². The number of nitrogens with zero attached hydrogens (tertiary/aromatic N) is 2. The molecule has 3 rings (SSSR count). The van der Waals surface area contributed by atoms with E-state index in [-0.39, 0.29) is 18.5 Å². The number of hydrogen-bond donors (Lipinski definition) is 3. The number of carbonyl (C=O) groups is 2. The standard InChI is InChI=1S/C23H31N5O2/c1-16-11-17(2)22(18(3)12-16)27-21(29)15-26-23(30)25-14-19-7-8-24-20(13-19)28-9-5-4-6-10-28/h7-8,11-13H,4-6,9-10,14-15H2,1-3H3,(H,27,29)(H2,25,26,30). The molecule has 0 atom stereocenters. The number of benzene rings is 1. The number of hydrogen-bond acceptors (Lipinski definition) is 4. The molecule has 3 N–H and O–H groups in total. The third-order valence-electron chi connectivity index (χ3n) is 5.29. The number of amides is 3. The highest BCUT2D eigenvalue weighted by molar-refractivity contribution is 5.95. The largest absolute Gasteiger partial charge is 0.357 e. The smallest absolute Gasteiger partial charge is 0.315 e. The molecule has 0 bridgehead atoms. The van der Waals surface area contributed by atoms with Gasteiger partial charge in [0.25, 0.3) is 0 Å². The van der Waals surface area contributed by atoms with E-state index in [0.717, 1.165) is 46.8 Å². The first kappa shape index (κ1) is 21.6. The van der Waals surface area contributed by atoms with Gasteiger partial charge in [-0.3, -0.25) is 4.79 Å². The van der Waals surface area contributed by atoms with Gasteiger partial charge in [-0.05, 0) is 68.9 Å². The number of nitrogens with one attached hydrogen (secondary N) is 3. The lowest BCUT2D eigenvalue weighted by molar-refractivity contribution is -0.115. The summed E-state index contributed by atoms with van der Waals surface area (Å²) >= 11 is 0. The van der Waals surface area contributed by atoms with Crippen LogP contribution in [0.4, 0.5) is 16.3 Å². The quantitative estimate of drug-likeness (QED) is 0.682. The molecule has 160 valence electrons. The highest BCUT2D eigenvalue weighted by Gasteiger charge is 2.13. The topological polar surface area (TPSA) is 86.4 Å². The minimum atomic E-state index is -0.376. The van der Waals surface area contributed by atoms with Gasteiger partial charge in [-0.15, -0.1) is 0 Å². The minimum absolute atomic E-state index is 0.0893. The van der Waals surface area contributed by atoms with Crippen molar-refractivity contribution in [1.82, 2.24) is 15.6 Å². The number of rotatable bonds is 6. The fraction of sp³-hybridized carbons (Fsp3) is 0.435. The van der Waals surface area contributed by atoms with Crippen LogP contribution in [-0.4, -0.2) is 36.6 Å². The monoisotopic (exact) mass is 409 g/mol. The average molecular weight is 410 g/mol. The first-order valence-electron chi connectivity index (χ1n) is 10.5. The second-order valence-electron chi connectivity index (χ2n) is 7.93. The lowest BCUT2D eigenvalue weighted by Gasteiger charge is -2.27. The van der Waals surface area contributed by atoms with Crippen molar-refractivity contribution in [3.05, 3.63) is 52.7 Å².